The molecule has 0 nitrogen and oxygen atoms in total. The van der Waals surface area contributed by atoms with Crippen LogP contribution in [0.15, 0.2) is 46.9 Å². The first-order valence-corrected chi connectivity index (χ1v) is 6.57. The van der Waals surface area contributed by atoms with Gasteiger partial charge in [-0.2, -0.15) is 13.2 Å². The molecule has 0 saturated heterocycles. The second kappa shape index (κ2) is 5.37. The molecule has 0 fully saturated rings. The van der Waals surface area contributed by atoms with Crippen LogP contribution in [0.25, 0.3) is 0 Å². The molecule has 0 saturated carbocycles. The van der Waals surface area contributed by atoms with Crippen molar-refractivity contribution in [1.29, 1.82) is 0 Å². The minimum atomic E-state index is -4.29. The highest BCUT2D eigenvalue weighted by Gasteiger charge is 2.30. The fourth-order valence-corrected chi connectivity index (χ4v) is 2.32. The van der Waals surface area contributed by atoms with Gasteiger partial charge in [0, 0.05) is 4.47 Å². The molecule has 0 aliphatic heterocycles. The summed E-state index contributed by atoms with van der Waals surface area (Å²) in [7, 11) is 0. The number of rotatable bonds is 2. The fourth-order valence-electron chi connectivity index (χ4n) is 1.91. The molecule has 2 aromatic rings. The highest BCUT2D eigenvalue weighted by Crippen LogP contribution is 2.30. The maximum absolute atomic E-state index is 12.6. The molecular weight excluding hydrogens is 317 g/mol. The Morgan fingerprint density at radius 1 is 1.05 bits per heavy atom. The molecular formula is C15H12BrF3. The van der Waals surface area contributed by atoms with Gasteiger partial charge in [-0.25, -0.2) is 0 Å². The van der Waals surface area contributed by atoms with Gasteiger partial charge >= 0.3 is 6.18 Å². The lowest BCUT2D eigenvalue weighted by atomic mass is 9.99. The van der Waals surface area contributed by atoms with Crippen LogP contribution in [0.4, 0.5) is 13.2 Å². The van der Waals surface area contributed by atoms with Crippen LogP contribution in [0.5, 0.6) is 0 Å². The number of benzene rings is 2. The van der Waals surface area contributed by atoms with Crippen LogP contribution in [0.3, 0.4) is 0 Å². The third-order valence-electron chi connectivity index (χ3n) is 2.96. The summed E-state index contributed by atoms with van der Waals surface area (Å²) in [5.74, 6) is 0. The molecule has 100 valence electrons. The third-order valence-corrected chi connectivity index (χ3v) is 3.45. The van der Waals surface area contributed by atoms with E-state index in [1.165, 1.54) is 12.1 Å². The van der Waals surface area contributed by atoms with Gasteiger partial charge in [-0.3, -0.25) is 0 Å². The van der Waals surface area contributed by atoms with Crippen molar-refractivity contribution in [3.63, 3.8) is 0 Å². The van der Waals surface area contributed by atoms with Crippen LogP contribution < -0.4 is 0 Å². The highest BCUT2D eigenvalue weighted by atomic mass is 79.9. The molecule has 0 spiro atoms. The molecule has 0 N–H and O–H groups in total. The van der Waals surface area contributed by atoms with Gasteiger partial charge in [0.1, 0.15) is 0 Å². The molecule has 0 aliphatic rings. The summed E-state index contributed by atoms with van der Waals surface area (Å²) in [5.41, 5.74) is 2.16. The normalized spacial score (nSPS) is 11.6. The predicted octanol–water partition coefficient (Wildman–Crippen LogP) is 5.37. The predicted molar refractivity (Wildman–Crippen MR) is 73.1 cm³/mol. The minimum absolute atomic E-state index is 0.495. The third kappa shape index (κ3) is 3.60. The second-order valence-electron chi connectivity index (χ2n) is 4.45. The molecule has 0 aromatic heterocycles. The molecule has 0 atom stereocenters. The SMILES string of the molecule is Cc1ccc(Br)cc1Cc1cccc(C(F)(F)F)c1. The molecule has 0 heterocycles. The first-order valence-electron chi connectivity index (χ1n) is 5.77. The van der Waals surface area contributed by atoms with Crippen molar-refractivity contribution < 1.29 is 13.2 Å². The van der Waals surface area contributed by atoms with Gasteiger partial charge in [0.05, 0.1) is 5.56 Å². The van der Waals surface area contributed by atoms with E-state index >= 15 is 0 Å². The minimum Gasteiger partial charge on any atom is -0.166 e. The summed E-state index contributed by atoms with van der Waals surface area (Å²) in [4.78, 5) is 0. The summed E-state index contributed by atoms with van der Waals surface area (Å²) < 4.78 is 38.9. The molecule has 0 unspecified atom stereocenters. The number of aryl methyl sites for hydroxylation is 1. The Balaban J connectivity index is 2.31. The van der Waals surface area contributed by atoms with E-state index in [1.807, 2.05) is 25.1 Å². The van der Waals surface area contributed by atoms with Crippen molar-refractivity contribution >= 4 is 15.9 Å². The van der Waals surface area contributed by atoms with E-state index < -0.39 is 11.7 Å². The average Bonchev–Trinajstić information content (AvgIpc) is 2.33. The van der Waals surface area contributed by atoms with Crippen LogP contribution in [-0.4, -0.2) is 0 Å². The van der Waals surface area contributed by atoms with Crippen LogP contribution in [0, 0.1) is 6.92 Å². The van der Waals surface area contributed by atoms with Crippen molar-refractivity contribution in [2.75, 3.05) is 0 Å². The van der Waals surface area contributed by atoms with Gasteiger partial charge in [0.25, 0.3) is 0 Å². The van der Waals surface area contributed by atoms with Gasteiger partial charge in [0.15, 0.2) is 0 Å². The Hall–Kier alpha value is -1.29. The van der Waals surface area contributed by atoms with E-state index in [4.69, 9.17) is 0 Å². The number of halogens is 4. The Bertz CT molecular complexity index is 588. The second-order valence-corrected chi connectivity index (χ2v) is 5.36. The van der Waals surface area contributed by atoms with Crippen molar-refractivity contribution in [3.8, 4) is 0 Å². The zero-order chi connectivity index (χ0) is 14.0. The first-order chi connectivity index (χ1) is 8.86. The van der Waals surface area contributed by atoms with Gasteiger partial charge in [-0.15, -0.1) is 0 Å². The molecule has 4 heteroatoms. The Kier molecular flexibility index (Phi) is 3.99. The lowest BCUT2D eigenvalue weighted by Gasteiger charge is -2.10. The summed E-state index contributed by atoms with van der Waals surface area (Å²) in [6.45, 7) is 1.95. The quantitative estimate of drug-likeness (QED) is 0.695. The maximum atomic E-state index is 12.6. The van der Waals surface area contributed by atoms with Crippen molar-refractivity contribution in [2.24, 2.45) is 0 Å². The topological polar surface area (TPSA) is 0 Å². The molecule has 0 amide bonds. The van der Waals surface area contributed by atoms with Crippen LogP contribution in [0.2, 0.25) is 0 Å². The summed E-state index contributed by atoms with van der Waals surface area (Å²) in [6.07, 6.45) is -3.79. The summed E-state index contributed by atoms with van der Waals surface area (Å²) in [6, 6.07) is 11.3. The van der Waals surface area contributed by atoms with Crippen molar-refractivity contribution in [2.45, 2.75) is 19.5 Å². The Morgan fingerprint density at radius 3 is 2.47 bits per heavy atom. The standard InChI is InChI=1S/C15H12BrF3/c1-10-5-6-14(16)9-12(10)7-11-3-2-4-13(8-11)15(17,18)19/h2-6,8-9H,7H2,1H3. The van der Waals surface area contributed by atoms with E-state index in [-0.39, 0.29) is 0 Å². The lowest BCUT2D eigenvalue weighted by Crippen LogP contribution is -2.05. The van der Waals surface area contributed by atoms with Gasteiger partial charge in [0.2, 0.25) is 0 Å². The largest absolute Gasteiger partial charge is 0.416 e. The van der Waals surface area contributed by atoms with Gasteiger partial charge < -0.3 is 0 Å². The van der Waals surface area contributed by atoms with Gasteiger partial charge in [-0.1, -0.05) is 40.2 Å². The Morgan fingerprint density at radius 2 is 1.79 bits per heavy atom. The van der Waals surface area contributed by atoms with Crippen LogP contribution >= 0.6 is 15.9 Å². The first kappa shape index (κ1) is 14.1. The fraction of sp³-hybridized carbons (Fsp3) is 0.200. The monoisotopic (exact) mass is 328 g/mol. The van der Waals surface area contributed by atoms with Crippen LogP contribution in [0.1, 0.15) is 22.3 Å². The van der Waals surface area contributed by atoms with E-state index in [0.29, 0.717) is 12.0 Å². The maximum Gasteiger partial charge on any atom is 0.416 e. The molecule has 2 aromatic carbocycles. The van der Waals surface area contributed by atoms with E-state index in [9.17, 15) is 13.2 Å². The molecule has 0 radical (unpaired) electrons. The van der Waals surface area contributed by atoms with Crippen molar-refractivity contribution in [1.82, 2.24) is 0 Å². The van der Waals surface area contributed by atoms with E-state index in [1.54, 1.807) is 6.07 Å². The number of hydrogen-bond donors (Lipinski definition) is 0. The zero-order valence-electron chi connectivity index (χ0n) is 10.3. The lowest BCUT2D eigenvalue weighted by molar-refractivity contribution is -0.137. The zero-order valence-corrected chi connectivity index (χ0v) is 11.8. The molecule has 19 heavy (non-hydrogen) atoms. The molecule has 0 aliphatic carbocycles. The van der Waals surface area contributed by atoms with Crippen LogP contribution in [-0.2, 0) is 12.6 Å². The summed E-state index contributed by atoms with van der Waals surface area (Å²) in [5, 5.41) is 0. The number of alkyl halides is 3. The van der Waals surface area contributed by atoms with E-state index in [0.717, 1.165) is 21.7 Å². The molecule has 2 rings (SSSR count). The Labute approximate surface area is 118 Å². The van der Waals surface area contributed by atoms with Crippen molar-refractivity contribution in [3.05, 3.63) is 69.2 Å². The summed E-state index contributed by atoms with van der Waals surface area (Å²) >= 11 is 3.38. The van der Waals surface area contributed by atoms with E-state index in [2.05, 4.69) is 15.9 Å². The molecule has 0 bridgehead atoms. The van der Waals surface area contributed by atoms with Gasteiger partial charge in [-0.05, 0) is 48.2 Å². The number of hydrogen-bond acceptors (Lipinski definition) is 0. The smallest absolute Gasteiger partial charge is 0.166 e. The average molecular weight is 329 g/mol. The highest BCUT2D eigenvalue weighted by molar-refractivity contribution is 9.10.